The molecule has 1 unspecified atom stereocenters. The number of hydrogen-bond donors (Lipinski definition) is 2. The number of pyridine rings is 1. The Balaban J connectivity index is 2.55. The minimum absolute atomic E-state index is 0.364. The number of hydrogen-bond acceptors (Lipinski definition) is 4. The maximum Gasteiger partial charge on any atom is 0.237 e. The van der Waals surface area contributed by atoms with Gasteiger partial charge < -0.3 is 15.2 Å². The smallest absolute Gasteiger partial charge is 0.237 e. The van der Waals surface area contributed by atoms with Gasteiger partial charge in [-0.3, -0.25) is 0 Å². The van der Waals surface area contributed by atoms with Crippen LogP contribution in [0.4, 0.5) is 5.82 Å². The first-order valence-corrected chi connectivity index (χ1v) is 4.99. The molecule has 0 aromatic carbocycles. The number of nitrogens with one attached hydrogen (secondary N) is 1. The second kappa shape index (κ2) is 4.79. The van der Waals surface area contributed by atoms with E-state index in [1.807, 2.05) is 20.8 Å². The number of anilines is 1. The molecule has 0 radical (unpaired) electrons. The van der Waals surface area contributed by atoms with Crippen molar-refractivity contribution in [3.63, 3.8) is 0 Å². The summed E-state index contributed by atoms with van der Waals surface area (Å²) in [6.07, 6.45) is -1.10. The second-order valence-electron chi connectivity index (χ2n) is 4.07. The standard InChI is InChI=1S/C10H15ClN2O2/c1-10(2,3)15-9(14)13-8-6-4-5-7(11)12-8/h4-6,9,14H,1-3H3,(H,12,13). The first kappa shape index (κ1) is 12.2. The van der Waals surface area contributed by atoms with E-state index < -0.39 is 12.0 Å². The summed E-state index contributed by atoms with van der Waals surface area (Å²) in [6.45, 7) is 5.55. The Bertz CT molecular complexity index is 325. The lowest BCUT2D eigenvalue weighted by atomic mass is 10.2. The molecule has 0 aliphatic carbocycles. The maximum absolute atomic E-state index is 9.51. The monoisotopic (exact) mass is 230 g/mol. The molecular weight excluding hydrogens is 216 g/mol. The molecule has 15 heavy (non-hydrogen) atoms. The Labute approximate surface area is 94.2 Å². The van der Waals surface area contributed by atoms with Gasteiger partial charge >= 0.3 is 0 Å². The minimum Gasteiger partial charge on any atom is -0.351 e. The van der Waals surface area contributed by atoms with E-state index in [0.717, 1.165) is 0 Å². The fourth-order valence-electron chi connectivity index (χ4n) is 0.980. The minimum atomic E-state index is -1.10. The van der Waals surface area contributed by atoms with E-state index in [2.05, 4.69) is 10.3 Å². The number of halogens is 1. The molecule has 5 heteroatoms. The van der Waals surface area contributed by atoms with Crippen LogP contribution in [0.15, 0.2) is 18.2 Å². The summed E-state index contributed by atoms with van der Waals surface area (Å²) in [4.78, 5) is 3.96. The highest BCUT2D eigenvalue weighted by Gasteiger charge is 2.16. The van der Waals surface area contributed by atoms with Gasteiger partial charge in [0.05, 0.1) is 5.60 Å². The third-order valence-electron chi connectivity index (χ3n) is 1.45. The van der Waals surface area contributed by atoms with E-state index in [1.54, 1.807) is 18.2 Å². The Kier molecular flexibility index (Phi) is 3.90. The van der Waals surface area contributed by atoms with Crippen molar-refractivity contribution in [3.8, 4) is 0 Å². The molecule has 4 nitrogen and oxygen atoms in total. The van der Waals surface area contributed by atoms with Crippen molar-refractivity contribution in [1.29, 1.82) is 0 Å². The van der Waals surface area contributed by atoms with Gasteiger partial charge in [0.1, 0.15) is 11.0 Å². The summed E-state index contributed by atoms with van der Waals surface area (Å²) in [5.41, 5.74) is -0.426. The van der Waals surface area contributed by atoms with Gasteiger partial charge in [-0.25, -0.2) is 4.98 Å². The Morgan fingerprint density at radius 3 is 2.67 bits per heavy atom. The molecule has 84 valence electrons. The molecule has 1 heterocycles. The molecule has 0 amide bonds. The number of nitrogens with zero attached hydrogens (tertiary/aromatic N) is 1. The second-order valence-corrected chi connectivity index (χ2v) is 4.46. The summed E-state index contributed by atoms with van der Waals surface area (Å²) in [5.74, 6) is 0.472. The maximum atomic E-state index is 9.51. The Morgan fingerprint density at radius 1 is 1.47 bits per heavy atom. The third-order valence-corrected chi connectivity index (χ3v) is 1.66. The average Bonchev–Trinajstić information content (AvgIpc) is 1.99. The van der Waals surface area contributed by atoms with Gasteiger partial charge in [0, 0.05) is 0 Å². The molecule has 0 aliphatic rings. The SMILES string of the molecule is CC(C)(C)OC(O)Nc1cccc(Cl)n1. The lowest BCUT2D eigenvalue weighted by Gasteiger charge is -2.24. The number of rotatable bonds is 3. The predicted octanol–water partition coefficient (Wildman–Crippen LogP) is 2.24. The zero-order valence-electron chi connectivity index (χ0n) is 8.99. The first-order valence-electron chi connectivity index (χ1n) is 4.62. The van der Waals surface area contributed by atoms with Crippen molar-refractivity contribution in [2.24, 2.45) is 0 Å². The Hall–Kier alpha value is -0.840. The van der Waals surface area contributed by atoms with Crippen LogP contribution in [0.25, 0.3) is 0 Å². The van der Waals surface area contributed by atoms with E-state index >= 15 is 0 Å². The first-order chi connectivity index (χ1) is 6.87. The van der Waals surface area contributed by atoms with Crippen molar-refractivity contribution < 1.29 is 9.84 Å². The zero-order valence-corrected chi connectivity index (χ0v) is 9.75. The quantitative estimate of drug-likeness (QED) is 0.618. The lowest BCUT2D eigenvalue weighted by molar-refractivity contribution is -0.148. The van der Waals surface area contributed by atoms with E-state index in [4.69, 9.17) is 16.3 Å². The molecule has 2 N–H and O–H groups in total. The number of aromatic nitrogens is 1. The van der Waals surface area contributed by atoms with Crippen LogP contribution in [0.1, 0.15) is 20.8 Å². The van der Waals surface area contributed by atoms with Crippen LogP contribution in [-0.4, -0.2) is 22.1 Å². The normalized spacial score (nSPS) is 13.7. The van der Waals surface area contributed by atoms with Crippen LogP contribution < -0.4 is 5.32 Å². The third kappa shape index (κ3) is 4.97. The molecule has 1 aromatic heterocycles. The molecule has 1 aromatic rings. The summed E-state index contributed by atoms with van der Waals surface area (Å²) in [5, 5.41) is 12.6. The molecule has 0 saturated heterocycles. The fraction of sp³-hybridized carbons (Fsp3) is 0.500. The van der Waals surface area contributed by atoms with Crippen LogP contribution in [-0.2, 0) is 4.74 Å². The van der Waals surface area contributed by atoms with E-state index in [0.29, 0.717) is 11.0 Å². The largest absolute Gasteiger partial charge is 0.351 e. The summed E-state index contributed by atoms with van der Waals surface area (Å²) < 4.78 is 5.24. The van der Waals surface area contributed by atoms with Gasteiger partial charge in [0.15, 0.2) is 0 Å². The van der Waals surface area contributed by atoms with Crippen molar-refractivity contribution in [3.05, 3.63) is 23.4 Å². The number of aliphatic hydroxyl groups is 1. The zero-order chi connectivity index (χ0) is 11.5. The Morgan fingerprint density at radius 2 is 2.13 bits per heavy atom. The molecule has 1 rings (SSSR count). The summed E-state index contributed by atoms with van der Waals surface area (Å²) >= 11 is 5.69. The highest BCUT2D eigenvalue weighted by Crippen LogP contribution is 2.13. The van der Waals surface area contributed by atoms with E-state index in [9.17, 15) is 5.11 Å². The van der Waals surface area contributed by atoms with Crippen LogP contribution in [0.2, 0.25) is 5.15 Å². The van der Waals surface area contributed by atoms with E-state index in [1.165, 1.54) is 0 Å². The lowest BCUT2D eigenvalue weighted by Crippen LogP contribution is -2.32. The highest BCUT2D eigenvalue weighted by molar-refractivity contribution is 6.29. The van der Waals surface area contributed by atoms with Gasteiger partial charge in [0.2, 0.25) is 6.41 Å². The predicted molar refractivity (Wildman–Crippen MR) is 59.7 cm³/mol. The van der Waals surface area contributed by atoms with E-state index in [-0.39, 0.29) is 0 Å². The van der Waals surface area contributed by atoms with Gasteiger partial charge in [-0.2, -0.15) is 0 Å². The average molecular weight is 231 g/mol. The van der Waals surface area contributed by atoms with Crippen LogP contribution >= 0.6 is 11.6 Å². The van der Waals surface area contributed by atoms with Gasteiger partial charge in [0.25, 0.3) is 0 Å². The van der Waals surface area contributed by atoms with Crippen molar-refractivity contribution in [2.45, 2.75) is 32.8 Å². The highest BCUT2D eigenvalue weighted by atomic mass is 35.5. The summed E-state index contributed by atoms with van der Waals surface area (Å²) in [6, 6.07) is 5.09. The van der Waals surface area contributed by atoms with Gasteiger partial charge in [-0.05, 0) is 32.9 Å². The molecule has 0 spiro atoms. The molecular formula is C10H15ClN2O2. The number of ether oxygens (including phenoxy) is 1. The molecule has 0 fully saturated rings. The van der Waals surface area contributed by atoms with Crippen molar-refractivity contribution >= 4 is 17.4 Å². The van der Waals surface area contributed by atoms with Gasteiger partial charge in [-0.15, -0.1) is 0 Å². The van der Waals surface area contributed by atoms with Crippen molar-refractivity contribution in [1.82, 2.24) is 4.98 Å². The molecule has 0 saturated carbocycles. The molecule has 1 atom stereocenters. The topological polar surface area (TPSA) is 54.4 Å². The molecule has 0 bridgehead atoms. The van der Waals surface area contributed by atoms with Crippen molar-refractivity contribution in [2.75, 3.05) is 5.32 Å². The van der Waals surface area contributed by atoms with Crippen LogP contribution in [0.5, 0.6) is 0 Å². The van der Waals surface area contributed by atoms with Crippen LogP contribution in [0, 0.1) is 0 Å². The summed E-state index contributed by atoms with van der Waals surface area (Å²) in [7, 11) is 0. The fourth-order valence-corrected chi connectivity index (χ4v) is 1.14. The number of aliphatic hydroxyl groups excluding tert-OH is 1. The van der Waals surface area contributed by atoms with Crippen LogP contribution in [0.3, 0.4) is 0 Å². The van der Waals surface area contributed by atoms with Gasteiger partial charge in [-0.1, -0.05) is 17.7 Å². The molecule has 0 aliphatic heterocycles.